The topological polar surface area (TPSA) is 339 Å². The Morgan fingerprint density at radius 3 is 1.31 bits per heavy atom. The van der Waals surface area contributed by atoms with Gasteiger partial charge < -0.3 is 65.7 Å². The molecule has 13 aromatic rings. The van der Waals surface area contributed by atoms with E-state index in [9.17, 15) is 51.3 Å². The second-order valence-corrected chi connectivity index (χ2v) is 38.6. The Morgan fingerprint density at radius 1 is 0.480 bits per heavy atom. The molecule has 0 amide bonds. The summed E-state index contributed by atoms with van der Waals surface area (Å²) in [7, 11) is 6.31. The first-order valence-electron chi connectivity index (χ1n) is 41.2. The number of hydrogen-bond acceptors (Lipinski definition) is 24. The highest BCUT2D eigenvalue weighted by molar-refractivity contribution is 8.24. The van der Waals surface area contributed by atoms with E-state index in [0.717, 1.165) is 179 Å². The molecule has 14 heterocycles. The van der Waals surface area contributed by atoms with Gasteiger partial charge in [0.25, 0.3) is 0 Å². The molecule has 1 unspecified atom stereocenters. The van der Waals surface area contributed by atoms with Crippen molar-refractivity contribution < 1.29 is 40.8 Å². The maximum Gasteiger partial charge on any atom is 0.341 e. The first-order chi connectivity index (χ1) is 61.1. The minimum absolute atomic E-state index is 0.00506. The zero-order chi connectivity index (χ0) is 89.2. The molecule has 127 heavy (non-hydrogen) atoms. The van der Waals surface area contributed by atoms with Crippen molar-refractivity contribution in [2.45, 2.75) is 63.1 Å². The Hall–Kier alpha value is -12.8. The van der Waals surface area contributed by atoms with Crippen LogP contribution in [0.1, 0.15) is 112 Å². The molecule has 0 aliphatic carbocycles. The second-order valence-electron chi connectivity index (χ2n) is 32.0. The van der Waals surface area contributed by atoms with E-state index in [1.165, 1.54) is 41.0 Å². The molecule has 7 aliphatic rings. The number of imidazole rings is 1. The monoisotopic (exact) mass is 1800 g/mol. The summed E-state index contributed by atoms with van der Waals surface area (Å²) < 4.78 is 99.3. The molecule has 654 valence electrons. The van der Waals surface area contributed by atoms with Crippen molar-refractivity contribution in [2.24, 2.45) is 4.99 Å². The minimum Gasteiger partial charge on any atom is -0.477 e. The third-order valence-electron chi connectivity index (χ3n) is 24.0. The average Bonchev–Trinajstić information content (AvgIpc) is 1.62. The van der Waals surface area contributed by atoms with Gasteiger partial charge in [-0.15, -0.1) is 0 Å². The SMILES string of the molecule is CN1CCN(c2cc(N)c(N)cc2C#N)CC1.CN1CCN(c2cc3c(cc2C#N)CC(c2cnn4ccc(N5CCC[C@@H]5c5cc(F)ccc5F)nc24)=N3)CC1.CN1CCN(c2cc3nc(-c4cnn5ccc(N6CCC[C@@H]6c6cc(F)ccc6F)nc45)[nH]c3cc2C#N)CC1.O=C(O)c1cnn2ccc(N3CCCC3c3cc(F)ccc3F)nc12.O=P(Cl)(Cl)Cl. The molecule has 3 atom stereocenters. The van der Waals surface area contributed by atoms with E-state index in [4.69, 9.17) is 36.7 Å². The number of aliphatic imine (C=N–C) groups is 1. The normalized spacial score (nSPS) is 17.9. The number of likely N-dealkylation sites (N-methyl/N-ethyl adjacent to an activating group) is 3. The van der Waals surface area contributed by atoms with Crippen LogP contribution in [0.5, 0.6) is 0 Å². The number of aromatic carboxylic acids is 1. The summed E-state index contributed by atoms with van der Waals surface area (Å²) in [5, 5.41) is 47.8. The van der Waals surface area contributed by atoms with Crippen molar-refractivity contribution >= 4 is 130 Å². The molecule has 7 aromatic heterocycles. The molecule has 39 heteroatoms. The number of nitriles is 3. The largest absolute Gasteiger partial charge is 0.477 e. The number of carbonyl (C=O) groups is 1. The van der Waals surface area contributed by atoms with Crippen LogP contribution in [-0.2, 0) is 11.0 Å². The van der Waals surface area contributed by atoms with Crippen molar-refractivity contribution in [1.82, 2.24) is 68.5 Å². The molecule has 6 aromatic carbocycles. The highest BCUT2D eigenvalue weighted by Crippen LogP contribution is 2.61. The van der Waals surface area contributed by atoms with Crippen LogP contribution in [0.25, 0.3) is 39.4 Å². The average molecular weight is 1810 g/mol. The number of nitrogens with two attached hydrogens (primary N) is 2. The Labute approximate surface area is 740 Å². The van der Waals surface area contributed by atoms with Gasteiger partial charge in [-0.05, 0) is 208 Å². The number of H-pyrrole nitrogens is 1. The van der Waals surface area contributed by atoms with Crippen molar-refractivity contribution in [3.8, 4) is 29.6 Å². The zero-order valence-corrected chi connectivity index (χ0v) is 72.4. The first-order valence-corrected chi connectivity index (χ1v) is 45.6. The van der Waals surface area contributed by atoms with E-state index in [2.05, 4.69) is 128 Å². The molecule has 0 saturated carbocycles. The summed E-state index contributed by atoms with van der Waals surface area (Å²) in [5.41, 5.74) is 25.4. The lowest BCUT2D eigenvalue weighted by Crippen LogP contribution is -2.44. The maximum atomic E-state index is 14.7. The molecule has 29 nitrogen and oxygen atoms in total. The Bertz CT molecular complexity index is 6550. The van der Waals surface area contributed by atoms with Gasteiger partial charge in [0.1, 0.15) is 82.0 Å². The molecule has 20 rings (SSSR count). The number of nitrogens with one attached hydrogen (secondary N) is 1. The lowest BCUT2D eigenvalue weighted by molar-refractivity contribution is 0.0698. The molecular formula is C88H86Cl3F6N26O3P. The van der Waals surface area contributed by atoms with Gasteiger partial charge in [-0.1, -0.05) is 0 Å². The van der Waals surface area contributed by atoms with Crippen LogP contribution in [0.2, 0.25) is 0 Å². The number of halogens is 9. The minimum atomic E-state index is -3.22. The van der Waals surface area contributed by atoms with Crippen LogP contribution in [0.15, 0.2) is 151 Å². The number of benzene rings is 6. The van der Waals surface area contributed by atoms with E-state index < -0.39 is 46.1 Å². The predicted octanol–water partition coefficient (Wildman–Crippen LogP) is 15.5. The van der Waals surface area contributed by atoms with Gasteiger partial charge in [0.2, 0.25) is 0 Å². The number of anilines is 8. The summed E-state index contributed by atoms with van der Waals surface area (Å²) in [6.07, 6.45) is 15.2. The summed E-state index contributed by atoms with van der Waals surface area (Å²) in [5.74, 6) is -1.32. The van der Waals surface area contributed by atoms with Crippen LogP contribution < -0.4 is 40.9 Å². The van der Waals surface area contributed by atoms with Gasteiger partial charge in [0, 0.05) is 140 Å². The Balaban J connectivity index is 0.000000128. The summed E-state index contributed by atoms with van der Waals surface area (Å²) in [4.78, 5) is 58.2. The summed E-state index contributed by atoms with van der Waals surface area (Å²) in [6.45, 7) is 13.1. The fraction of sp³-hybridized carbons (Fsp3) is 0.318. The van der Waals surface area contributed by atoms with Crippen LogP contribution in [0.3, 0.4) is 0 Å². The number of aromatic amines is 1. The van der Waals surface area contributed by atoms with E-state index in [0.29, 0.717) is 118 Å². The van der Waals surface area contributed by atoms with Crippen molar-refractivity contribution in [3.63, 3.8) is 0 Å². The molecule has 0 bridgehead atoms. The highest BCUT2D eigenvalue weighted by atomic mass is 36.0. The summed E-state index contributed by atoms with van der Waals surface area (Å²) >= 11 is 13.8. The van der Waals surface area contributed by atoms with Gasteiger partial charge >= 0.3 is 11.2 Å². The van der Waals surface area contributed by atoms with E-state index in [1.54, 1.807) is 45.8 Å². The molecule has 6 fully saturated rings. The number of hydrogen-bond donors (Lipinski definition) is 4. The van der Waals surface area contributed by atoms with Gasteiger partial charge in [-0.3, -0.25) is 9.56 Å². The Kier molecular flexibility index (Phi) is 25.8. The van der Waals surface area contributed by atoms with E-state index >= 15 is 0 Å². The molecule has 7 aliphatic heterocycles. The van der Waals surface area contributed by atoms with Crippen molar-refractivity contribution in [2.75, 3.05) is 160 Å². The molecule has 6 saturated heterocycles. The lowest BCUT2D eigenvalue weighted by atomic mass is 10.0. The molecule has 6 N–H and O–H groups in total. The third-order valence-corrected chi connectivity index (χ3v) is 24.0. The van der Waals surface area contributed by atoms with Crippen LogP contribution in [-0.4, -0.2) is 205 Å². The number of carboxylic acid groups (broad SMARTS) is 1. The third kappa shape index (κ3) is 19.2. The zero-order valence-electron chi connectivity index (χ0n) is 69.2. The van der Waals surface area contributed by atoms with Crippen LogP contribution in [0, 0.1) is 68.9 Å². The predicted molar refractivity (Wildman–Crippen MR) is 478 cm³/mol. The summed E-state index contributed by atoms with van der Waals surface area (Å²) in [6, 6.07) is 33.3. The fourth-order valence-corrected chi connectivity index (χ4v) is 17.4. The fourth-order valence-electron chi connectivity index (χ4n) is 17.4. The number of carboxylic acids is 1. The standard InChI is InChI=1S/C30H28F2N8.C29H27F2N9.C17H14F2N4O2.C12H17N5.Cl3OP/c1-37-9-11-38(12-10-37)28-16-25-19(13-20(28)17-33)14-26(35-25)23-18-34-40-8-6-29(36-30(23)40)39-7-2-3-27(39)22-15-21(31)4-5-24(22)32;1-37-9-11-38(12-10-37)26-15-24-23(13-18(26)16-32)34-28(35-24)21-17-33-40-8-6-27(36-29(21)40)39-7-2-3-25(39)20-14-19(30)4-5-22(20)31;18-10-3-4-13(19)11(8-10)14-2-1-6-22(14)15-5-7-23-16(21-15)12(9-20-23)17(24)25;1-16-2-4-17(5-3-16)12-7-11(15)10(14)6-9(12)8-13;1-5(2,3)4/h4-6,8,13,15-16,18,27H,2-3,7,9-12,14H2,1H3;4-6,8,13-15,17,25H,2-3,7,9-12H2,1H3,(H,34,35);3-5,7-9,14H,1-2,6H2,(H,24,25);6-7H,2-5,14-15H2,1H3;/t27-;25-;;;/m11.../s1. The quantitative estimate of drug-likeness (QED) is 0.0501. The van der Waals surface area contributed by atoms with Crippen LogP contribution >= 0.6 is 38.9 Å². The molecular weight excluding hydrogens is 1720 g/mol. The number of nitrogen functional groups attached to an aromatic ring is 2. The number of nitrogens with zero attached hydrogens (tertiary/aromatic N) is 23. The number of piperazine rings is 3. The lowest BCUT2D eigenvalue weighted by Gasteiger charge is -2.34. The van der Waals surface area contributed by atoms with Gasteiger partial charge in [-0.25, -0.2) is 64.6 Å². The van der Waals surface area contributed by atoms with Crippen molar-refractivity contribution in [3.05, 3.63) is 231 Å². The van der Waals surface area contributed by atoms with Crippen LogP contribution in [0.4, 0.5) is 77.9 Å². The number of fused-ring (bicyclic) bond motifs is 5. The van der Waals surface area contributed by atoms with Gasteiger partial charge in [0.15, 0.2) is 16.9 Å². The highest BCUT2D eigenvalue weighted by Gasteiger charge is 2.36. The van der Waals surface area contributed by atoms with Gasteiger partial charge in [-0.2, -0.15) is 31.1 Å². The van der Waals surface area contributed by atoms with Gasteiger partial charge in [0.05, 0.1) is 115 Å². The molecule has 0 radical (unpaired) electrons. The first kappa shape index (κ1) is 87.7. The van der Waals surface area contributed by atoms with E-state index in [1.807, 2.05) is 63.5 Å². The van der Waals surface area contributed by atoms with E-state index in [-0.39, 0.29) is 34.9 Å². The number of aromatic nitrogens is 11. The maximum absolute atomic E-state index is 14.7. The number of rotatable bonds is 12. The smallest absolute Gasteiger partial charge is 0.341 e. The Morgan fingerprint density at radius 2 is 0.866 bits per heavy atom. The molecule has 0 spiro atoms. The second kappa shape index (κ2) is 37.4. The van der Waals surface area contributed by atoms with Crippen molar-refractivity contribution in [1.29, 1.82) is 15.8 Å².